The second-order valence-electron chi connectivity index (χ2n) is 3.54. The number of aromatic nitrogens is 4. The number of H-pyrrole nitrogens is 1. The predicted molar refractivity (Wildman–Crippen MR) is 69.5 cm³/mol. The fourth-order valence-corrected chi connectivity index (χ4v) is 1.62. The molecule has 0 spiro atoms. The first-order valence-electron chi connectivity index (χ1n) is 5.45. The number of alkyl halides is 2. The molecule has 10 heteroatoms. The number of hydrogen-bond donors (Lipinski definition) is 2. The second kappa shape index (κ2) is 6.62. The number of para-hydroxylation sites is 1. The molecule has 2 N–H and O–H groups in total. The minimum atomic E-state index is -3.03. The zero-order chi connectivity index (χ0) is 15.2. The molecule has 2 aromatic rings. The van der Waals surface area contributed by atoms with Gasteiger partial charge in [-0.25, -0.2) is 0 Å². The van der Waals surface area contributed by atoms with Crippen molar-refractivity contribution in [1.82, 2.24) is 20.6 Å². The number of halogens is 3. The average molecular weight is 313 g/mol. The van der Waals surface area contributed by atoms with Gasteiger partial charge in [-0.1, -0.05) is 17.7 Å². The van der Waals surface area contributed by atoms with Gasteiger partial charge in [-0.3, -0.25) is 0 Å². The SMILES string of the molecule is N#CC(=CNc1cccc(Cl)c1OC(F)F)c1nn[nH]n1. The summed E-state index contributed by atoms with van der Waals surface area (Å²) in [5.41, 5.74) is 0.214. The van der Waals surface area contributed by atoms with E-state index in [1.54, 1.807) is 0 Å². The number of hydrogen-bond acceptors (Lipinski definition) is 6. The molecule has 0 bridgehead atoms. The van der Waals surface area contributed by atoms with Gasteiger partial charge in [0.25, 0.3) is 0 Å². The van der Waals surface area contributed by atoms with Crippen molar-refractivity contribution in [3.05, 3.63) is 35.2 Å². The Balaban J connectivity index is 2.27. The summed E-state index contributed by atoms with van der Waals surface area (Å²) in [6.07, 6.45) is 1.23. The number of nitriles is 1. The third kappa shape index (κ3) is 3.64. The van der Waals surface area contributed by atoms with Crippen LogP contribution in [0.2, 0.25) is 5.02 Å². The van der Waals surface area contributed by atoms with Gasteiger partial charge in [0.1, 0.15) is 11.6 Å². The first kappa shape index (κ1) is 14.7. The molecule has 0 fully saturated rings. The maximum absolute atomic E-state index is 12.4. The molecule has 0 aliphatic rings. The number of ether oxygens (including phenoxy) is 1. The lowest BCUT2D eigenvalue weighted by atomic mass is 10.2. The Morgan fingerprint density at radius 2 is 2.33 bits per heavy atom. The van der Waals surface area contributed by atoms with Crippen LogP contribution in [0, 0.1) is 11.3 Å². The third-order valence-corrected chi connectivity index (χ3v) is 2.55. The molecule has 0 aliphatic heterocycles. The Bertz CT molecular complexity index is 683. The van der Waals surface area contributed by atoms with E-state index in [4.69, 9.17) is 16.9 Å². The molecular formula is C11H7ClF2N6O. The minimum absolute atomic E-state index is 0.00627. The van der Waals surface area contributed by atoms with E-state index in [1.165, 1.54) is 24.4 Å². The number of anilines is 1. The predicted octanol–water partition coefficient (Wildman–Crippen LogP) is 2.43. The standard InChI is InChI=1S/C11H7ClF2N6O/c12-7-2-1-3-8(9(7)21-11(13)14)16-5-6(4-15)10-17-19-20-18-10/h1-3,5,11,16H,(H,17,18,19,20). The van der Waals surface area contributed by atoms with Crippen LogP contribution in [0.1, 0.15) is 5.82 Å². The lowest BCUT2D eigenvalue weighted by Gasteiger charge is -2.11. The van der Waals surface area contributed by atoms with E-state index in [0.29, 0.717) is 0 Å². The van der Waals surface area contributed by atoms with Crippen LogP contribution in [0.5, 0.6) is 5.75 Å². The fraction of sp³-hybridized carbons (Fsp3) is 0.0909. The molecule has 0 unspecified atom stereocenters. The number of nitrogens with zero attached hydrogens (tertiary/aromatic N) is 4. The molecule has 7 nitrogen and oxygen atoms in total. The normalized spacial score (nSPS) is 11.3. The highest BCUT2D eigenvalue weighted by molar-refractivity contribution is 6.32. The summed E-state index contributed by atoms with van der Waals surface area (Å²) < 4.78 is 29.1. The summed E-state index contributed by atoms with van der Waals surface area (Å²) in [4.78, 5) is 0. The Hall–Kier alpha value is -2.73. The van der Waals surface area contributed by atoms with Crippen molar-refractivity contribution in [2.45, 2.75) is 6.61 Å². The van der Waals surface area contributed by atoms with E-state index >= 15 is 0 Å². The molecule has 0 atom stereocenters. The average Bonchev–Trinajstić information content (AvgIpc) is 2.96. The Morgan fingerprint density at radius 1 is 1.52 bits per heavy atom. The van der Waals surface area contributed by atoms with Crippen molar-refractivity contribution in [3.8, 4) is 11.8 Å². The largest absolute Gasteiger partial charge is 0.431 e. The Labute approximate surface area is 122 Å². The van der Waals surface area contributed by atoms with E-state index in [9.17, 15) is 8.78 Å². The highest BCUT2D eigenvalue weighted by Crippen LogP contribution is 2.34. The summed E-state index contributed by atoms with van der Waals surface area (Å²) in [5, 5.41) is 24.4. The summed E-state index contributed by atoms with van der Waals surface area (Å²) in [6, 6.07) is 6.25. The van der Waals surface area contributed by atoms with Gasteiger partial charge in [-0.2, -0.15) is 19.3 Å². The van der Waals surface area contributed by atoms with E-state index in [1.807, 2.05) is 6.07 Å². The van der Waals surface area contributed by atoms with Gasteiger partial charge in [0.15, 0.2) is 5.75 Å². The van der Waals surface area contributed by atoms with Crippen molar-refractivity contribution in [2.75, 3.05) is 5.32 Å². The molecule has 1 heterocycles. The van der Waals surface area contributed by atoms with Gasteiger partial charge < -0.3 is 10.1 Å². The summed E-state index contributed by atoms with van der Waals surface area (Å²) >= 11 is 5.80. The first-order chi connectivity index (χ1) is 10.1. The maximum Gasteiger partial charge on any atom is 0.387 e. The van der Waals surface area contributed by atoms with Crippen LogP contribution in [0.25, 0.3) is 5.57 Å². The zero-order valence-corrected chi connectivity index (χ0v) is 11.0. The van der Waals surface area contributed by atoms with Crippen molar-refractivity contribution in [1.29, 1.82) is 5.26 Å². The molecular weight excluding hydrogens is 306 g/mol. The topological polar surface area (TPSA) is 99.5 Å². The lowest BCUT2D eigenvalue weighted by Crippen LogP contribution is -2.05. The fourth-order valence-electron chi connectivity index (χ4n) is 1.40. The van der Waals surface area contributed by atoms with Crippen molar-refractivity contribution < 1.29 is 13.5 Å². The molecule has 0 amide bonds. The van der Waals surface area contributed by atoms with Gasteiger partial charge in [-0.15, -0.1) is 10.2 Å². The minimum Gasteiger partial charge on any atom is -0.431 e. The summed E-state index contributed by atoms with van der Waals surface area (Å²) in [5.74, 6) is -0.167. The van der Waals surface area contributed by atoms with E-state index in [-0.39, 0.29) is 27.9 Å². The summed E-state index contributed by atoms with van der Waals surface area (Å²) in [6.45, 7) is -3.03. The molecule has 108 valence electrons. The molecule has 0 aliphatic carbocycles. The number of allylic oxidation sites excluding steroid dienone is 1. The number of tetrazole rings is 1. The van der Waals surface area contributed by atoms with E-state index in [2.05, 4.69) is 30.7 Å². The first-order valence-corrected chi connectivity index (χ1v) is 5.83. The molecule has 0 saturated heterocycles. The zero-order valence-electron chi connectivity index (χ0n) is 10.2. The molecule has 21 heavy (non-hydrogen) atoms. The van der Waals surface area contributed by atoms with Gasteiger partial charge in [0.2, 0.25) is 5.82 Å². The second-order valence-corrected chi connectivity index (χ2v) is 3.95. The van der Waals surface area contributed by atoms with Gasteiger partial charge in [0.05, 0.1) is 10.7 Å². The number of benzene rings is 1. The smallest absolute Gasteiger partial charge is 0.387 e. The van der Waals surface area contributed by atoms with E-state index in [0.717, 1.165) is 0 Å². The molecule has 0 radical (unpaired) electrons. The van der Waals surface area contributed by atoms with Crippen LogP contribution in [-0.2, 0) is 0 Å². The monoisotopic (exact) mass is 312 g/mol. The highest BCUT2D eigenvalue weighted by atomic mass is 35.5. The molecule has 2 rings (SSSR count). The Kier molecular flexibility index (Phi) is 4.63. The summed E-state index contributed by atoms with van der Waals surface area (Å²) in [7, 11) is 0. The van der Waals surface area contributed by atoms with Crippen LogP contribution in [0.4, 0.5) is 14.5 Å². The Morgan fingerprint density at radius 3 is 2.95 bits per heavy atom. The number of aromatic amines is 1. The third-order valence-electron chi connectivity index (χ3n) is 2.25. The highest BCUT2D eigenvalue weighted by Gasteiger charge is 2.13. The van der Waals surface area contributed by atoms with Gasteiger partial charge in [-0.05, 0) is 17.3 Å². The molecule has 1 aromatic carbocycles. The van der Waals surface area contributed by atoms with Gasteiger partial charge in [0, 0.05) is 6.20 Å². The lowest BCUT2D eigenvalue weighted by molar-refractivity contribution is -0.0492. The van der Waals surface area contributed by atoms with Crippen molar-refractivity contribution in [3.63, 3.8) is 0 Å². The van der Waals surface area contributed by atoms with Crippen molar-refractivity contribution >= 4 is 22.9 Å². The van der Waals surface area contributed by atoms with Crippen LogP contribution < -0.4 is 10.1 Å². The number of rotatable bonds is 5. The van der Waals surface area contributed by atoms with Crippen LogP contribution in [0.3, 0.4) is 0 Å². The van der Waals surface area contributed by atoms with Crippen LogP contribution in [0.15, 0.2) is 24.4 Å². The van der Waals surface area contributed by atoms with Crippen molar-refractivity contribution in [2.24, 2.45) is 0 Å². The maximum atomic E-state index is 12.4. The van der Waals surface area contributed by atoms with Crippen LogP contribution >= 0.6 is 11.6 Å². The molecule has 0 saturated carbocycles. The quantitative estimate of drug-likeness (QED) is 0.823. The number of nitrogens with one attached hydrogen (secondary N) is 2. The van der Waals surface area contributed by atoms with E-state index < -0.39 is 6.61 Å². The van der Waals surface area contributed by atoms with Crippen LogP contribution in [-0.4, -0.2) is 27.2 Å². The molecule has 1 aromatic heterocycles. The van der Waals surface area contributed by atoms with Gasteiger partial charge >= 0.3 is 6.61 Å².